The maximum absolute atomic E-state index is 13.0. The van der Waals surface area contributed by atoms with Crippen molar-refractivity contribution in [2.75, 3.05) is 0 Å². The topological polar surface area (TPSA) is 80.9 Å². The van der Waals surface area contributed by atoms with E-state index in [1.165, 1.54) is 0 Å². The van der Waals surface area contributed by atoms with Crippen LogP contribution in [0.2, 0.25) is 0 Å². The third-order valence-corrected chi connectivity index (χ3v) is 5.10. The molecule has 1 aromatic carbocycles. The van der Waals surface area contributed by atoms with Crippen molar-refractivity contribution in [2.45, 2.75) is 51.0 Å². The van der Waals surface area contributed by atoms with Gasteiger partial charge in [-0.05, 0) is 25.0 Å². The van der Waals surface area contributed by atoms with Gasteiger partial charge in [0.05, 0.1) is 5.52 Å². The van der Waals surface area contributed by atoms with Gasteiger partial charge < -0.3 is 9.84 Å². The SMILES string of the molecule is Cc1nc(C2(NC(=O)c3ccc4ccccc4n3)CCCCCC2)no1. The van der Waals surface area contributed by atoms with Crippen molar-refractivity contribution in [1.29, 1.82) is 0 Å². The van der Waals surface area contributed by atoms with E-state index in [1.54, 1.807) is 13.0 Å². The van der Waals surface area contributed by atoms with Crippen LogP contribution in [0.15, 0.2) is 40.9 Å². The molecule has 4 rings (SSSR count). The molecule has 0 bridgehead atoms. The highest BCUT2D eigenvalue weighted by atomic mass is 16.5. The largest absolute Gasteiger partial charge is 0.340 e. The van der Waals surface area contributed by atoms with E-state index in [1.807, 2.05) is 30.3 Å². The minimum Gasteiger partial charge on any atom is -0.340 e. The monoisotopic (exact) mass is 350 g/mol. The van der Waals surface area contributed by atoms with Crippen molar-refractivity contribution in [3.63, 3.8) is 0 Å². The molecule has 134 valence electrons. The molecule has 1 saturated carbocycles. The van der Waals surface area contributed by atoms with Crippen LogP contribution < -0.4 is 5.32 Å². The molecule has 1 aliphatic rings. The number of fused-ring (bicyclic) bond motifs is 1. The van der Waals surface area contributed by atoms with Crippen molar-refractivity contribution in [3.8, 4) is 0 Å². The second-order valence-electron chi connectivity index (χ2n) is 6.98. The second kappa shape index (κ2) is 6.86. The number of carbonyl (C=O) groups excluding carboxylic acids is 1. The summed E-state index contributed by atoms with van der Waals surface area (Å²) < 4.78 is 5.20. The second-order valence-corrected chi connectivity index (χ2v) is 6.98. The molecule has 1 amide bonds. The van der Waals surface area contributed by atoms with Crippen LogP contribution >= 0.6 is 0 Å². The number of benzene rings is 1. The van der Waals surface area contributed by atoms with Crippen LogP contribution in [0.25, 0.3) is 10.9 Å². The normalized spacial score (nSPS) is 17.0. The van der Waals surface area contributed by atoms with Crippen molar-refractivity contribution < 1.29 is 9.32 Å². The van der Waals surface area contributed by atoms with Crippen LogP contribution in [0, 0.1) is 6.92 Å². The van der Waals surface area contributed by atoms with Gasteiger partial charge in [-0.2, -0.15) is 4.98 Å². The van der Waals surface area contributed by atoms with Crippen LogP contribution in [0.4, 0.5) is 0 Å². The van der Waals surface area contributed by atoms with Gasteiger partial charge in [-0.15, -0.1) is 0 Å². The summed E-state index contributed by atoms with van der Waals surface area (Å²) >= 11 is 0. The summed E-state index contributed by atoms with van der Waals surface area (Å²) in [6, 6.07) is 11.5. The Morgan fingerprint density at radius 1 is 1.04 bits per heavy atom. The third-order valence-electron chi connectivity index (χ3n) is 5.10. The number of nitrogens with one attached hydrogen (secondary N) is 1. The molecule has 0 unspecified atom stereocenters. The number of rotatable bonds is 3. The Kier molecular flexibility index (Phi) is 4.41. The molecule has 1 N–H and O–H groups in total. The number of nitrogens with zero attached hydrogens (tertiary/aromatic N) is 3. The highest BCUT2D eigenvalue weighted by Crippen LogP contribution is 2.35. The van der Waals surface area contributed by atoms with E-state index in [9.17, 15) is 4.79 Å². The van der Waals surface area contributed by atoms with E-state index < -0.39 is 5.54 Å². The molecule has 6 nitrogen and oxygen atoms in total. The van der Waals surface area contributed by atoms with Gasteiger partial charge in [0.15, 0.2) is 5.82 Å². The number of aromatic nitrogens is 3. The molecule has 0 saturated heterocycles. The number of amides is 1. The maximum Gasteiger partial charge on any atom is 0.270 e. The van der Waals surface area contributed by atoms with E-state index in [-0.39, 0.29) is 5.91 Å². The Labute approximate surface area is 152 Å². The van der Waals surface area contributed by atoms with Gasteiger partial charge in [0.1, 0.15) is 11.2 Å². The highest BCUT2D eigenvalue weighted by molar-refractivity contribution is 5.95. The lowest BCUT2D eigenvalue weighted by atomic mass is 9.89. The van der Waals surface area contributed by atoms with Crippen molar-refractivity contribution in [3.05, 3.63) is 53.8 Å². The molecule has 0 aliphatic heterocycles. The fourth-order valence-electron chi connectivity index (χ4n) is 3.70. The summed E-state index contributed by atoms with van der Waals surface area (Å²) in [6.45, 7) is 1.77. The Bertz CT molecular complexity index is 926. The summed E-state index contributed by atoms with van der Waals surface area (Å²) in [6.07, 6.45) is 5.99. The van der Waals surface area contributed by atoms with Crippen LogP contribution in [0.5, 0.6) is 0 Å². The number of carbonyl (C=O) groups is 1. The summed E-state index contributed by atoms with van der Waals surface area (Å²) in [5.74, 6) is 0.896. The van der Waals surface area contributed by atoms with Gasteiger partial charge in [0.25, 0.3) is 5.91 Å². The standard InChI is InChI=1S/C20H22N4O2/c1-14-21-19(24-26-14)20(12-6-2-3-7-13-20)23-18(25)17-11-10-15-8-4-5-9-16(15)22-17/h4-5,8-11H,2-3,6-7,12-13H2,1H3,(H,23,25). The predicted molar refractivity (Wildman–Crippen MR) is 97.6 cm³/mol. The van der Waals surface area contributed by atoms with Gasteiger partial charge in [0, 0.05) is 12.3 Å². The summed E-state index contributed by atoms with van der Waals surface area (Å²) in [5.41, 5.74) is 0.636. The first-order valence-corrected chi connectivity index (χ1v) is 9.15. The van der Waals surface area contributed by atoms with E-state index in [4.69, 9.17) is 4.52 Å². The summed E-state index contributed by atoms with van der Waals surface area (Å²) in [5, 5.41) is 8.34. The minimum atomic E-state index is -0.585. The molecule has 0 radical (unpaired) electrons. The molecule has 0 spiro atoms. The minimum absolute atomic E-state index is 0.194. The van der Waals surface area contributed by atoms with Gasteiger partial charge in [0.2, 0.25) is 5.89 Å². The molecule has 26 heavy (non-hydrogen) atoms. The van der Waals surface area contributed by atoms with Gasteiger partial charge in [-0.25, -0.2) is 4.98 Å². The van der Waals surface area contributed by atoms with Crippen LogP contribution in [0.1, 0.15) is 60.7 Å². The molecule has 2 heterocycles. The molecule has 1 aliphatic carbocycles. The smallest absolute Gasteiger partial charge is 0.270 e. The van der Waals surface area contributed by atoms with Gasteiger partial charge in [-0.3, -0.25) is 4.79 Å². The number of para-hydroxylation sites is 1. The van der Waals surface area contributed by atoms with Crippen molar-refractivity contribution in [2.24, 2.45) is 0 Å². The average Bonchev–Trinajstić information content (AvgIpc) is 2.97. The molecule has 3 aromatic rings. The zero-order valence-electron chi connectivity index (χ0n) is 14.9. The van der Waals surface area contributed by atoms with Gasteiger partial charge in [-0.1, -0.05) is 55.1 Å². The Hall–Kier alpha value is -2.76. The fourth-order valence-corrected chi connectivity index (χ4v) is 3.70. The number of pyridine rings is 1. The summed E-state index contributed by atoms with van der Waals surface area (Å²) in [4.78, 5) is 21.9. The molecular weight excluding hydrogens is 328 g/mol. The predicted octanol–water partition coefficient (Wildman–Crippen LogP) is 3.91. The third kappa shape index (κ3) is 3.19. The zero-order chi connectivity index (χ0) is 18.0. The molecule has 2 aromatic heterocycles. The quantitative estimate of drug-likeness (QED) is 0.725. The molecule has 6 heteroatoms. The van der Waals surface area contributed by atoms with Crippen molar-refractivity contribution >= 4 is 16.8 Å². The highest BCUT2D eigenvalue weighted by Gasteiger charge is 2.39. The zero-order valence-corrected chi connectivity index (χ0v) is 14.9. The lowest BCUT2D eigenvalue weighted by molar-refractivity contribution is 0.0872. The number of hydrogen-bond acceptors (Lipinski definition) is 5. The molecule has 0 atom stereocenters. The molecular formula is C20H22N4O2. The van der Waals surface area contributed by atoms with E-state index in [0.717, 1.165) is 49.4 Å². The van der Waals surface area contributed by atoms with Crippen LogP contribution in [0.3, 0.4) is 0 Å². The first-order chi connectivity index (χ1) is 12.7. The van der Waals surface area contributed by atoms with E-state index in [2.05, 4.69) is 20.4 Å². The van der Waals surface area contributed by atoms with E-state index in [0.29, 0.717) is 17.4 Å². The lowest BCUT2D eigenvalue weighted by Gasteiger charge is -2.30. The fraction of sp³-hybridized carbons (Fsp3) is 0.400. The van der Waals surface area contributed by atoms with E-state index >= 15 is 0 Å². The lowest BCUT2D eigenvalue weighted by Crippen LogP contribution is -2.46. The number of hydrogen-bond donors (Lipinski definition) is 1. The molecule has 1 fully saturated rings. The Balaban J connectivity index is 1.66. The average molecular weight is 350 g/mol. The maximum atomic E-state index is 13.0. The first kappa shape index (κ1) is 16.7. The summed E-state index contributed by atoms with van der Waals surface area (Å²) in [7, 11) is 0. The van der Waals surface area contributed by atoms with Gasteiger partial charge >= 0.3 is 0 Å². The van der Waals surface area contributed by atoms with Crippen LogP contribution in [-0.4, -0.2) is 21.0 Å². The van der Waals surface area contributed by atoms with Crippen molar-refractivity contribution in [1.82, 2.24) is 20.4 Å². The number of aryl methyl sites for hydroxylation is 1. The Morgan fingerprint density at radius 2 is 1.81 bits per heavy atom. The first-order valence-electron chi connectivity index (χ1n) is 9.15. The van der Waals surface area contributed by atoms with Crippen LogP contribution in [-0.2, 0) is 5.54 Å². The Morgan fingerprint density at radius 3 is 2.54 bits per heavy atom.